The first-order valence-corrected chi connectivity index (χ1v) is 15.1. The first-order chi connectivity index (χ1) is 21.6. The SMILES string of the molecule is COC(OC)C1CCN(c2ccc3c(c2)n(C)c(=O)n3-c2ccc(OCc3ccccc3)cc2OCc2ccccc2)CC1. The Morgan fingerprint density at radius 2 is 1.39 bits per heavy atom. The summed E-state index contributed by atoms with van der Waals surface area (Å²) in [5.74, 6) is 1.61. The second-order valence-corrected chi connectivity index (χ2v) is 11.2. The normalized spacial score (nSPS) is 14.0. The van der Waals surface area contributed by atoms with Gasteiger partial charge in [-0.3, -0.25) is 9.13 Å². The minimum atomic E-state index is -0.178. The van der Waals surface area contributed by atoms with Crippen molar-refractivity contribution in [3.63, 3.8) is 0 Å². The number of hydrogen-bond donors (Lipinski definition) is 0. The van der Waals surface area contributed by atoms with Gasteiger partial charge in [-0.15, -0.1) is 0 Å². The minimum Gasteiger partial charge on any atom is -0.489 e. The highest BCUT2D eigenvalue weighted by atomic mass is 16.7. The van der Waals surface area contributed by atoms with Crippen LogP contribution in [-0.2, 0) is 29.7 Å². The van der Waals surface area contributed by atoms with E-state index in [2.05, 4.69) is 17.0 Å². The van der Waals surface area contributed by atoms with Gasteiger partial charge in [-0.05, 0) is 54.3 Å². The number of aryl methyl sites for hydroxylation is 1. The lowest BCUT2D eigenvalue weighted by Crippen LogP contribution is -2.39. The van der Waals surface area contributed by atoms with Gasteiger partial charge in [0.25, 0.3) is 0 Å². The quantitative estimate of drug-likeness (QED) is 0.167. The maximum atomic E-state index is 13.8. The van der Waals surface area contributed by atoms with Crippen molar-refractivity contribution in [2.24, 2.45) is 13.0 Å². The van der Waals surface area contributed by atoms with E-state index in [1.807, 2.05) is 92.0 Å². The number of nitrogens with zero attached hydrogens (tertiary/aromatic N) is 3. The Hall–Kier alpha value is -4.53. The number of methoxy groups -OCH3 is 2. The third-order valence-electron chi connectivity index (χ3n) is 8.45. The molecule has 0 unspecified atom stereocenters. The molecule has 8 heteroatoms. The van der Waals surface area contributed by atoms with Crippen LogP contribution < -0.4 is 20.1 Å². The van der Waals surface area contributed by atoms with Gasteiger partial charge < -0.3 is 23.8 Å². The van der Waals surface area contributed by atoms with E-state index in [-0.39, 0.29) is 12.0 Å². The summed E-state index contributed by atoms with van der Waals surface area (Å²) in [6.07, 6.45) is 1.78. The summed E-state index contributed by atoms with van der Waals surface area (Å²) in [5, 5.41) is 0. The number of anilines is 1. The van der Waals surface area contributed by atoms with Gasteiger partial charge in [0.15, 0.2) is 6.29 Å². The van der Waals surface area contributed by atoms with Gasteiger partial charge >= 0.3 is 5.69 Å². The summed E-state index contributed by atoms with van der Waals surface area (Å²) in [6, 6.07) is 32.0. The number of aromatic nitrogens is 2. The van der Waals surface area contributed by atoms with Crippen molar-refractivity contribution in [3.05, 3.63) is 119 Å². The second kappa shape index (κ2) is 13.4. The fourth-order valence-electron chi connectivity index (χ4n) is 6.03. The third-order valence-corrected chi connectivity index (χ3v) is 8.45. The number of benzene rings is 4. The van der Waals surface area contributed by atoms with Crippen molar-refractivity contribution >= 4 is 16.7 Å². The molecule has 0 radical (unpaired) electrons. The standard InChI is InChI=1S/C36H39N3O5/c1-37-33-22-29(38-20-18-28(19-21-38)35(41-2)42-3)14-16-31(33)39(36(37)40)32-17-15-30(43-24-26-10-6-4-7-11-26)23-34(32)44-25-27-12-8-5-9-13-27/h4-17,22-23,28,35H,18-21,24-25H2,1-3H3. The highest BCUT2D eigenvalue weighted by molar-refractivity contribution is 5.83. The molecule has 1 saturated heterocycles. The predicted octanol–water partition coefficient (Wildman–Crippen LogP) is 6.32. The van der Waals surface area contributed by atoms with E-state index in [0.29, 0.717) is 36.3 Å². The topological polar surface area (TPSA) is 67.1 Å². The van der Waals surface area contributed by atoms with Crippen LogP contribution in [0.25, 0.3) is 16.7 Å². The number of ether oxygens (including phenoxy) is 4. The number of hydrogen-bond acceptors (Lipinski definition) is 6. The first-order valence-electron chi connectivity index (χ1n) is 15.1. The molecule has 0 bridgehead atoms. The molecular formula is C36H39N3O5. The van der Waals surface area contributed by atoms with Gasteiger partial charge in [0.05, 0.1) is 16.7 Å². The van der Waals surface area contributed by atoms with Crippen LogP contribution in [-0.4, -0.2) is 42.7 Å². The van der Waals surface area contributed by atoms with Crippen molar-refractivity contribution in [3.8, 4) is 17.2 Å². The molecule has 0 amide bonds. The zero-order chi connectivity index (χ0) is 30.5. The van der Waals surface area contributed by atoms with Crippen molar-refractivity contribution < 1.29 is 18.9 Å². The van der Waals surface area contributed by atoms with Gasteiger partial charge in [0, 0.05) is 52.0 Å². The van der Waals surface area contributed by atoms with Gasteiger partial charge in [-0.1, -0.05) is 60.7 Å². The molecule has 0 atom stereocenters. The van der Waals surface area contributed by atoms with Crippen molar-refractivity contribution in [1.82, 2.24) is 9.13 Å². The maximum absolute atomic E-state index is 13.8. The van der Waals surface area contributed by atoms with E-state index < -0.39 is 0 Å². The van der Waals surface area contributed by atoms with Gasteiger partial charge in [0.1, 0.15) is 24.7 Å². The Kier molecular flexibility index (Phi) is 9.00. The van der Waals surface area contributed by atoms with Crippen LogP contribution in [0.4, 0.5) is 5.69 Å². The summed E-state index contributed by atoms with van der Waals surface area (Å²) >= 11 is 0. The highest BCUT2D eigenvalue weighted by Gasteiger charge is 2.27. The van der Waals surface area contributed by atoms with Crippen molar-refractivity contribution in [2.75, 3.05) is 32.2 Å². The molecule has 1 aromatic heterocycles. The monoisotopic (exact) mass is 593 g/mol. The van der Waals surface area contributed by atoms with Crippen LogP contribution in [0.5, 0.6) is 11.5 Å². The van der Waals surface area contributed by atoms with Gasteiger partial charge in [-0.25, -0.2) is 4.79 Å². The molecule has 0 aliphatic carbocycles. The van der Waals surface area contributed by atoms with Crippen LogP contribution in [0.15, 0.2) is 102 Å². The zero-order valence-corrected chi connectivity index (χ0v) is 25.5. The molecule has 8 nitrogen and oxygen atoms in total. The van der Waals surface area contributed by atoms with Crippen molar-refractivity contribution in [2.45, 2.75) is 32.3 Å². The summed E-state index contributed by atoms with van der Waals surface area (Å²) in [6.45, 7) is 2.60. The maximum Gasteiger partial charge on any atom is 0.333 e. The number of fused-ring (bicyclic) bond motifs is 1. The lowest BCUT2D eigenvalue weighted by molar-refractivity contribution is -0.141. The van der Waals surface area contributed by atoms with E-state index in [0.717, 1.165) is 53.8 Å². The minimum absolute atomic E-state index is 0.138. The smallest absolute Gasteiger partial charge is 0.333 e. The molecule has 6 rings (SSSR count). The Balaban J connectivity index is 1.31. The lowest BCUT2D eigenvalue weighted by atomic mass is 9.95. The molecule has 2 heterocycles. The van der Waals surface area contributed by atoms with E-state index in [9.17, 15) is 4.79 Å². The summed E-state index contributed by atoms with van der Waals surface area (Å²) in [7, 11) is 5.22. The Morgan fingerprint density at radius 3 is 2.02 bits per heavy atom. The average molecular weight is 594 g/mol. The Bertz CT molecular complexity index is 1740. The summed E-state index contributed by atoms with van der Waals surface area (Å²) in [4.78, 5) is 16.1. The first kappa shape index (κ1) is 29.5. The molecule has 1 fully saturated rings. The lowest BCUT2D eigenvalue weighted by Gasteiger charge is -2.36. The molecule has 1 aliphatic heterocycles. The number of rotatable bonds is 11. The zero-order valence-electron chi connectivity index (χ0n) is 25.5. The molecular weight excluding hydrogens is 554 g/mol. The fourth-order valence-corrected chi connectivity index (χ4v) is 6.03. The molecule has 0 saturated carbocycles. The molecule has 0 N–H and O–H groups in total. The molecule has 4 aromatic carbocycles. The van der Waals surface area contributed by atoms with Crippen LogP contribution in [0.2, 0.25) is 0 Å². The fraction of sp³-hybridized carbons (Fsp3) is 0.306. The average Bonchev–Trinajstić information content (AvgIpc) is 3.33. The second-order valence-electron chi connectivity index (χ2n) is 11.2. The molecule has 44 heavy (non-hydrogen) atoms. The third kappa shape index (κ3) is 6.23. The van der Waals surface area contributed by atoms with Crippen LogP contribution >= 0.6 is 0 Å². The number of imidazole rings is 1. The highest BCUT2D eigenvalue weighted by Crippen LogP contribution is 2.33. The number of piperidine rings is 1. The molecule has 0 spiro atoms. The van der Waals surface area contributed by atoms with Crippen molar-refractivity contribution in [1.29, 1.82) is 0 Å². The van der Waals surface area contributed by atoms with Crippen LogP contribution in [0, 0.1) is 5.92 Å². The molecule has 5 aromatic rings. The largest absolute Gasteiger partial charge is 0.489 e. The van der Waals surface area contributed by atoms with Gasteiger partial charge in [0.2, 0.25) is 0 Å². The van der Waals surface area contributed by atoms with E-state index in [1.165, 1.54) is 0 Å². The van der Waals surface area contributed by atoms with Crippen LogP contribution in [0.3, 0.4) is 0 Å². The van der Waals surface area contributed by atoms with Gasteiger partial charge in [-0.2, -0.15) is 0 Å². The molecule has 1 aliphatic rings. The predicted molar refractivity (Wildman–Crippen MR) is 173 cm³/mol. The Morgan fingerprint density at radius 1 is 0.750 bits per heavy atom. The Labute approximate surface area is 258 Å². The van der Waals surface area contributed by atoms with E-state index in [4.69, 9.17) is 18.9 Å². The summed E-state index contributed by atoms with van der Waals surface area (Å²) < 4.78 is 26.9. The van der Waals surface area contributed by atoms with E-state index >= 15 is 0 Å². The van der Waals surface area contributed by atoms with Crippen LogP contribution in [0.1, 0.15) is 24.0 Å². The molecule has 228 valence electrons. The summed E-state index contributed by atoms with van der Waals surface area (Å²) in [5.41, 5.74) is 5.42. The van der Waals surface area contributed by atoms with E-state index in [1.54, 1.807) is 23.4 Å².